The summed E-state index contributed by atoms with van der Waals surface area (Å²) in [6, 6.07) is 16.2. The van der Waals surface area contributed by atoms with Crippen molar-refractivity contribution in [3.63, 3.8) is 0 Å². The van der Waals surface area contributed by atoms with E-state index >= 15 is 0 Å². The van der Waals surface area contributed by atoms with Crippen molar-refractivity contribution in [1.82, 2.24) is 0 Å². The van der Waals surface area contributed by atoms with E-state index in [1.165, 1.54) is 0 Å². The lowest BCUT2D eigenvalue weighted by Crippen LogP contribution is -2.25. The molecule has 0 unspecified atom stereocenters. The number of halogens is 1. The van der Waals surface area contributed by atoms with Crippen LogP contribution in [0.15, 0.2) is 59.1 Å². The van der Waals surface area contributed by atoms with Crippen molar-refractivity contribution in [2.45, 2.75) is 0 Å². The molecule has 1 aliphatic heterocycles. The summed E-state index contributed by atoms with van der Waals surface area (Å²) in [5, 5.41) is 4.69. The molecule has 3 aromatic carbocycles. The predicted molar refractivity (Wildman–Crippen MR) is 97.2 cm³/mol. The van der Waals surface area contributed by atoms with E-state index in [2.05, 4.69) is 21.2 Å². The lowest BCUT2D eigenvalue weighted by molar-refractivity contribution is -0.118. The van der Waals surface area contributed by atoms with Gasteiger partial charge in [-0.25, -0.2) is 4.79 Å². The van der Waals surface area contributed by atoms with Crippen LogP contribution in [0, 0.1) is 0 Å². The second kappa shape index (κ2) is 6.22. The Balaban J connectivity index is 1.62. The molecule has 4 rings (SSSR count). The SMILES string of the molecule is O=C1COc2cc(C(=O)Oc3ccc4ccccc4c3Br)ccc2N1. The number of nitrogens with one attached hydrogen (secondary N) is 1. The zero-order valence-electron chi connectivity index (χ0n) is 12.9. The van der Waals surface area contributed by atoms with Crippen molar-refractivity contribution >= 4 is 44.3 Å². The van der Waals surface area contributed by atoms with Gasteiger partial charge in [0, 0.05) is 0 Å². The van der Waals surface area contributed by atoms with Gasteiger partial charge in [-0.1, -0.05) is 30.3 Å². The lowest BCUT2D eigenvalue weighted by atomic mass is 10.1. The van der Waals surface area contributed by atoms with Crippen molar-refractivity contribution < 1.29 is 19.1 Å². The first kappa shape index (κ1) is 15.7. The van der Waals surface area contributed by atoms with Crippen LogP contribution in [0.4, 0.5) is 5.69 Å². The fraction of sp³-hybridized carbons (Fsp3) is 0.0526. The van der Waals surface area contributed by atoms with E-state index in [1.807, 2.05) is 30.3 Å². The number of hydrogen-bond acceptors (Lipinski definition) is 4. The van der Waals surface area contributed by atoms with Crippen molar-refractivity contribution in [2.24, 2.45) is 0 Å². The summed E-state index contributed by atoms with van der Waals surface area (Å²) in [7, 11) is 0. The van der Waals surface area contributed by atoms with Crippen LogP contribution in [0.1, 0.15) is 10.4 Å². The summed E-state index contributed by atoms with van der Waals surface area (Å²) in [5.74, 6) is 0.171. The number of anilines is 1. The van der Waals surface area contributed by atoms with E-state index in [4.69, 9.17) is 9.47 Å². The van der Waals surface area contributed by atoms with Gasteiger partial charge in [-0.2, -0.15) is 0 Å². The van der Waals surface area contributed by atoms with E-state index in [0.29, 0.717) is 22.7 Å². The van der Waals surface area contributed by atoms with Crippen LogP contribution in [-0.4, -0.2) is 18.5 Å². The molecule has 0 atom stereocenters. The molecule has 3 aromatic rings. The molecular weight excluding hydrogens is 386 g/mol. The van der Waals surface area contributed by atoms with E-state index in [0.717, 1.165) is 15.2 Å². The molecule has 0 fully saturated rings. The summed E-state index contributed by atoms with van der Waals surface area (Å²) < 4.78 is 11.6. The van der Waals surface area contributed by atoms with Crippen molar-refractivity contribution in [3.05, 3.63) is 64.6 Å². The Morgan fingerprint density at radius 2 is 1.96 bits per heavy atom. The van der Waals surface area contributed by atoms with Crippen molar-refractivity contribution in [2.75, 3.05) is 11.9 Å². The fourth-order valence-corrected chi connectivity index (χ4v) is 3.23. The Labute approximate surface area is 151 Å². The van der Waals surface area contributed by atoms with E-state index in [9.17, 15) is 9.59 Å². The molecular formula is C19H12BrNO4. The van der Waals surface area contributed by atoms with Gasteiger partial charge in [0.05, 0.1) is 15.7 Å². The largest absolute Gasteiger partial charge is 0.482 e. The summed E-state index contributed by atoms with van der Waals surface area (Å²) in [4.78, 5) is 23.8. The van der Waals surface area contributed by atoms with Gasteiger partial charge in [-0.3, -0.25) is 4.79 Å². The molecule has 1 heterocycles. The molecule has 1 aliphatic rings. The summed E-state index contributed by atoms with van der Waals surface area (Å²) in [6.45, 7) is -0.0677. The standard InChI is InChI=1S/C19H12BrNO4/c20-18-13-4-2-1-3-11(13)6-8-15(18)25-19(23)12-5-7-14-16(9-12)24-10-17(22)21-14/h1-9H,10H2,(H,21,22). The van der Waals surface area contributed by atoms with Gasteiger partial charge >= 0.3 is 5.97 Å². The molecule has 124 valence electrons. The highest BCUT2D eigenvalue weighted by Gasteiger charge is 2.19. The Hall–Kier alpha value is -2.86. The number of amides is 1. The van der Waals surface area contributed by atoms with Crippen LogP contribution in [0.2, 0.25) is 0 Å². The van der Waals surface area contributed by atoms with Gasteiger partial charge in [0.2, 0.25) is 0 Å². The minimum Gasteiger partial charge on any atom is -0.482 e. The minimum absolute atomic E-state index is 0.0677. The number of hydrogen-bond donors (Lipinski definition) is 1. The number of carbonyl (C=O) groups excluding carboxylic acids is 2. The summed E-state index contributed by atoms with van der Waals surface area (Å²) >= 11 is 3.50. The Kier molecular flexibility index (Phi) is 3.89. The second-order valence-corrected chi connectivity index (χ2v) is 6.33. The van der Waals surface area contributed by atoms with Crippen molar-refractivity contribution in [3.8, 4) is 11.5 Å². The smallest absolute Gasteiger partial charge is 0.343 e. The molecule has 0 spiro atoms. The third-order valence-electron chi connectivity index (χ3n) is 3.88. The maximum atomic E-state index is 12.5. The maximum Gasteiger partial charge on any atom is 0.343 e. The van der Waals surface area contributed by atoms with Gasteiger partial charge in [0.15, 0.2) is 6.61 Å². The molecule has 25 heavy (non-hydrogen) atoms. The first-order chi connectivity index (χ1) is 12.1. The maximum absolute atomic E-state index is 12.5. The fourth-order valence-electron chi connectivity index (χ4n) is 2.65. The Morgan fingerprint density at radius 3 is 2.84 bits per heavy atom. The second-order valence-electron chi connectivity index (χ2n) is 5.54. The first-order valence-corrected chi connectivity index (χ1v) is 8.37. The van der Waals surface area contributed by atoms with Crippen LogP contribution >= 0.6 is 15.9 Å². The number of rotatable bonds is 2. The molecule has 0 saturated heterocycles. The van der Waals surface area contributed by atoms with Crippen molar-refractivity contribution in [1.29, 1.82) is 0 Å². The average Bonchev–Trinajstić information content (AvgIpc) is 2.63. The molecule has 1 amide bonds. The third-order valence-corrected chi connectivity index (χ3v) is 4.70. The molecule has 0 radical (unpaired) electrons. The van der Waals surface area contributed by atoms with E-state index in [-0.39, 0.29) is 12.5 Å². The van der Waals surface area contributed by atoms with Gasteiger partial charge in [0.1, 0.15) is 11.5 Å². The quantitative estimate of drug-likeness (QED) is 0.520. The van der Waals surface area contributed by atoms with E-state index in [1.54, 1.807) is 24.3 Å². The number of esters is 1. The highest BCUT2D eigenvalue weighted by atomic mass is 79.9. The normalized spacial score (nSPS) is 12.9. The van der Waals surface area contributed by atoms with E-state index < -0.39 is 5.97 Å². The van der Waals surface area contributed by atoms with Crippen LogP contribution in [-0.2, 0) is 4.79 Å². The lowest BCUT2D eigenvalue weighted by Gasteiger charge is -2.18. The predicted octanol–water partition coefficient (Wildman–Crippen LogP) is 4.15. The first-order valence-electron chi connectivity index (χ1n) is 7.58. The molecule has 0 aromatic heterocycles. The number of carbonyl (C=O) groups is 2. The zero-order chi connectivity index (χ0) is 17.4. The average molecular weight is 398 g/mol. The van der Waals surface area contributed by atoms with Crippen LogP contribution in [0.3, 0.4) is 0 Å². The van der Waals surface area contributed by atoms with Crippen LogP contribution in [0.5, 0.6) is 11.5 Å². The zero-order valence-corrected chi connectivity index (χ0v) is 14.5. The molecule has 0 aliphatic carbocycles. The summed E-state index contributed by atoms with van der Waals surface area (Å²) in [6.07, 6.45) is 0. The van der Waals surface area contributed by atoms with Gasteiger partial charge in [-0.15, -0.1) is 0 Å². The molecule has 0 bridgehead atoms. The number of fused-ring (bicyclic) bond motifs is 2. The molecule has 0 saturated carbocycles. The number of benzene rings is 3. The van der Waals surface area contributed by atoms with Gasteiger partial charge < -0.3 is 14.8 Å². The third kappa shape index (κ3) is 2.96. The van der Waals surface area contributed by atoms with Crippen LogP contribution in [0.25, 0.3) is 10.8 Å². The monoisotopic (exact) mass is 397 g/mol. The Morgan fingerprint density at radius 1 is 1.12 bits per heavy atom. The number of ether oxygens (including phenoxy) is 2. The highest BCUT2D eigenvalue weighted by molar-refractivity contribution is 9.10. The molecule has 6 heteroatoms. The molecule has 5 nitrogen and oxygen atoms in total. The highest BCUT2D eigenvalue weighted by Crippen LogP contribution is 2.34. The Bertz CT molecular complexity index is 1020. The minimum atomic E-state index is -0.501. The van der Waals surface area contributed by atoms with Crippen LogP contribution < -0.4 is 14.8 Å². The molecule has 1 N–H and O–H groups in total. The van der Waals surface area contributed by atoms with Gasteiger partial charge in [-0.05, 0) is 51.0 Å². The topological polar surface area (TPSA) is 64.6 Å². The van der Waals surface area contributed by atoms with Gasteiger partial charge in [0.25, 0.3) is 5.91 Å². The summed E-state index contributed by atoms with van der Waals surface area (Å²) in [5.41, 5.74) is 0.884.